The summed E-state index contributed by atoms with van der Waals surface area (Å²) in [4.78, 5) is 16.1. The maximum absolute atomic E-state index is 14.5. The Morgan fingerprint density at radius 2 is 1.86 bits per heavy atom. The second-order valence-corrected chi connectivity index (χ2v) is 8.86. The summed E-state index contributed by atoms with van der Waals surface area (Å²) in [6.07, 6.45) is 1.71. The third-order valence-electron chi connectivity index (χ3n) is 4.82. The van der Waals surface area contributed by atoms with Crippen LogP contribution in [0.1, 0.15) is 6.42 Å². The quantitative estimate of drug-likeness (QED) is 0.821. The predicted molar refractivity (Wildman–Crippen MR) is 110 cm³/mol. The third kappa shape index (κ3) is 4.97. The summed E-state index contributed by atoms with van der Waals surface area (Å²) in [7, 11) is -1.93. The third-order valence-corrected chi connectivity index (χ3v) is 5.93. The SMILES string of the molecule is COc1ccccc1NC(=O)N1CCCN(c2ccc(S(C)(=O)=O)cc2F)CC1. The number of carbonyl (C=O) groups excluding carboxylic acids is 1. The Balaban J connectivity index is 1.68. The molecule has 3 rings (SSSR count). The molecule has 156 valence electrons. The fraction of sp³-hybridized carbons (Fsp3) is 0.350. The highest BCUT2D eigenvalue weighted by molar-refractivity contribution is 7.90. The van der Waals surface area contributed by atoms with Crippen molar-refractivity contribution in [2.24, 2.45) is 0 Å². The van der Waals surface area contributed by atoms with Gasteiger partial charge in [-0.1, -0.05) is 12.1 Å². The number of sulfone groups is 1. The van der Waals surface area contributed by atoms with E-state index in [4.69, 9.17) is 4.74 Å². The molecule has 0 bridgehead atoms. The molecule has 0 saturated carbocycles. The van der Waals surface area contributed by atoms with Crippen LogP contribution in [0, 0.1) is 5.82 Å². The van der Waals surface area contributed by atoms with Gasteiger partial charge < -0.3 is 19.9 Å². The molecule has 0 aliphatic carbocycles. The van der Waals surface area contributed by atoms with E-state index in [-0.39, 0.29) is 10.9 Å². The molecule has 9 heteroatoms. The molecule has 2 aromatic carbocycles. The fourth-order valence-electron chi connectivity index (χ4n) is 3.28. The molecule has 1 saturated heterocycles. The van der Waals surface area contributed by atoms with Gasteiger partial charge in [-0.3, -0.25) is 0 Å². The van der Waals surface area contributed by atoms with E-state index in [1.807, 2.05) is 17.0 Å². The molecule has 7 nitrogen and oxygen atoms in total. The molecule has 1 aliphatic rings. The van der Waals surface area contributed by atoms with E-state index in [2.05, 4.69) is 5.32 Å². The Morgan fingerprint density at radius 3 is 2.55 bits per heavy atom. The topological polar surface area (TPSA) is 79.0 Å². The molecule has 1 heterocycles. The zero-order chi connectivity index (χ0) is 21.0. The van der Waals surface area contributed by atoms with Crippen LogP contribution in [-0.4, -0.2) is 58.9 Å². The van der Waals surface area contributed by atoms with Gasteiger partial charge in [-0.25, -0.2) is 17.6 Å². The van der Waals surface area contributed by atoms with E-state index in [1.54, 1.807) is 24.1 Å². The second-order valence-electron chi connectivity index (χ2n) is 6.84. The normalized spacial score (nSPS) is 15.0. The van der Waals surface area contributed by atoms with Gasteiger partial charge in [0.15, 0.2) is 9.84 Å². The van der Waals surface area contributed by atoms with Gasteiger partial charge in [-0.05, 0) is 36.8 Å². The number of ether oxygens (including phenoxy) is 1. The Hall–Kier alpha value is -2.81. The average molecular weight is 421 g/mol. The van der Waals surface area contributed by atoms with Crippen LogP contribution in [0.25, 0.3) is 0 Å². The van der Waals surface area contributed by atoms with Crippen molar-refractivity contribution >= 4 is 27.2 Å². The van der Waals surface area contributed by atoms with E-state index < -0.39 is 15.7 Å². The monoisotopic (exact) mass is 421 g/mol. The van der Waals surface area contributed by atoms with Crippen LogP contribution >= 0.6 is 0 Å². The largest absolute Gasteiger partial charge is 0.495 e. The first-order chi connectivity index (χ1) is 13.8. The van der Waals surface area contributed by atoms with Crippen molar-refractivity contribution in [2.45, 2.75) is 11.3 Å². The van der Waals surface area contributed by atoms with Crippen LogP contribution in [0.3, 0.4) is 0 Å². The van der Waals surface area contributed by atoms with Crippen LogP contribution in [0.2, 0.25) is 0 Å². The number of para-hydroxylation sites is 2. The van der Waals surface area contributed by atoms with Gasteiger partial charge in [0.2, 0.25) is 0 Å². The van der Waals surface area contributed by atoms with Crippen molar-refractivity contribution in [3.8, 4) is 5.75 Å². The van der Waals surface area contributed by atoms with Gasteiger partial charge in [0.25, 0.3) is 0 Å². The maximum Gasteiger partial charge on any atom is 0.322 e. The number of anilines is 2. The number of nitrogens with one attached hydrogen (secondary N) is 1. The minimum atomic E-state index is -3.47. The molecule has 0 atom stereocenters. The van der Waals surface area contributed by atoms with Crippen molar-refractivity contribution in [1.82, 2.24) is 4.90 Å². The smallest absolute Gasteiger partial charge is 0.322 e. The number of amides is 2. The van der Waals surface area contributed by atoms with Crippen LogP contribution in [-0.2, 0) is 9.84 Å². The van der Waals surface area contributed by atoms with Crippen molar-refractivity contribution in [1.29, 1.82) is 0 Å². The van der Waals surface area contributed by atoms with E-state index in [9.17, 15) is 17.6 Å². The highest BCUT2D eigenvalue weighted by Crippen LogP contribution is 2.25. The Labute approximate surface area is 170 Å². The number of methoxy groups -OCH3 is 1. The maximum atomic E-state index is 14.5. The molecular formula is C20H24FN3O4S. The lowest BCUT2D eigenvalue weighted by Gasteiger charge is -2.24. The number of hydrogen-bond acceptors (Lipinski definition) is 5. The van der Waals surface area contributed by atoms with Crippen LogP contribution < -0.4 is 15.0 Å². The summed E-state index contributed by atoms with van der Waals surface area (Å²) in [5.74, 6) is -0.00909. The Bertz CT molecular complexity index is 997. The molecule has 0 radical (unpaired) electrons. The molecule has 0 unspecified atom stereocenters. The molecule has 2 amide bonds. The van der Waals surface area contributed by atoms with E-state index in [0.717, 1.165) is 12.3 Å². The Kier molecular flexibility index (Phi) is 6.26. The minimum Gasteiger partial charge on any atom is -0.495 e. The molecule has 1 N–H and O–H groups in total. The molecule has 1 fully saturated rings. The summed E-state index contributed by atoms with van der Waals surface area (Å²) in [5.41, 5.74) is 0.924. The van der Waals surface area contributed by atoms with Crippen LogP contribution in [0.5, 0.6) is 5.75 Å². The van der Waals surface area contributed by atoms with Crippen molar-refractivity contribution in [3.05, 3.63) is 48.3 Å². The molecular weight excluding hydrogens is 397 g/mol. The minimum absolute atomic E-state index is 0.0496. The standard InChI is InChI=1S/C20H24FN3O4S/c1-28-19-7-4-3-6-17(19)22-20(25)24-11-5-10-23(12-13-24)18-9-8-15(14-16(18)21)29(2,26)27/h3-4,6-9,14H,5,10-13H2,1-2H3,(H,22,25). The van der Waals surface area contributed by atoms with Gasteiger partial charge in [-0.15, -0.1) is 0 Å². The van der Waals surface area contributed by atoms with Crippen molar-refractivity contribution < 1.29 is 22.3 Å². The molecule has 1 aliphatic heterocycles. The van der Waals surface area contributed by atoms with Gasteiger partial charge in [0, 0.05) is 32.4 Å². The van der Waals surface area contributed by atoms with Gasteiger partial charge in [0.1, 0.15) is 11.6 Å². The van der Waals surface area contributed by atoms with Crippen molar-refractivity contribution in [2.75, 3.05) is 49.8 Å². The number of halogens is 1. The number of rotatable bonds is 4. The number of hydrogen-bond donors (Lipinski definition) is 1. The summed E-state index contributed by atoms with van der Waals surface area (Å²) < 4.78 is 43.0. The fourth-order valence-corrected chi connectivity index (χ4v) is 3.91. The summed E-state index contributed by atoms with van der Waals surface area (Å²) >= 11 is 0. The van der Waals surface area contributed by atoms with Gasteiger partial charge in [0.05, 0.1) is 23.4 Å². The number of benzene rings is 2. The lowest BCUT2D eigenvalue weighted by atomic mass is 10.2. The van der Waals surface area contributed by atoms with E-state index in [0.29, 0.717) is 49.7 Å². The number of carbonyl (C=O) groups is 1. The first-order valence-electron chi connectivity index (χ1n) is 9.23. The highest BCUT2D eigenvalue weighted by atomic mass is 32.2. The first-order valence-corrected chi connectivity index (χ1v) is 11.1. The lowest BCUT2D eigenvalue weighted by molar-refractivity contribution is 0.215. The van der Waals surface area contributed by atoms with Gasteiger partial charge in [-0.2, -0.15) is 0 Å². The zero-order valence-corrected chi connectivity index (χ0v) is 17.2. The van der Waals surface area contributed by atoms with E-state index in [1.165, 1.54) is 12.1 Å². The summed E-state index contributed by atoms with van der Waals surface area (Å²) in [5, 5.41) is 2.85. The second kappa shape index (κ2) is 8.69. The van der Waals surface area contributed by atoms with Crippen molar-refractivity contribution in [3.63, 3.8) is 0 Å². The van der Waals surface area contributed by atoms with Crippen LogP contribution in [0.4, 0.5) is 20.6 Å². The van der Waals surface area contributed by atoms with Crippen LogP contribution in [0.15, 0.2) is 47.4 Å². The summed E-state index contributed by atoms with van der Waals surface area (Å²) in [6, 6.07) is 10.8. The summed E-state index contributed by atoms with van der Waals surface area (Å²) in [6.45, 7) is 1.94. The lowest BCUT2D eigenvalue weighted by Crippen LogP contribution is -2.38. The molecule has 29 heavy (non-hydrogen) atoms. The van der Waals surface area contributed by atoms with Gasteiger partial charge >= 0.3 is 6.03 Å². The first kappa shape index (κ1) is 20.9. The zero-order valence-electron chi connectivity index (χ0n) is 16.4. The average Bonchev–Trinajstić information content (AvgIpc) is 2.94. The Morgan fingerprint density at radius 1 is 1.10 bits per heavy atom. The molecule has 0 aromatic heterocycles. The molecule has 2 aromatic rings. The highest BCUT2D eigenvalue weighted by Gasteiger charge is 2.22. The number of nitrogens with zero attached hydrogens (tertiary/aromatic N) is 2. The molecule has 0 spiro atoms. The number of urea groups is 1. The predicted octanol–water partition coefficient (Wildman–Crippen LogP) is 2.98. The van der Waals surface area contributed by atoms with E-state index >= 15 is 0 Å².